The topological polar surface area (TPSA) is 39.9 Å². The van der Waals surface area contributed by atoms with E-state index in [-0.39, 0.29) is 0 Å². The van der Waals surface area contributed by atoms with Crippen LogP contribution in [0.3, 0.4) is 0 Å². The first-order chi connectivity index (χ1) is 18.6. The van der Waals surface area contributed by atoms with Crippen molar-refractivity contribution < 1.29 is 23.5 Å². The lowest BCUT2D eigenvalue weighted by Gasteiger charge is -2.20. The van der Waals surface area contributed by atoms with E-state index in [4.69, 9.17) is 18.9 Å². The van der Waals surface area contributed by atoms with Gasteiger partial charge in [-0.05, 0) is 46.5 Å². The molecule has 0 N–H and O–H groups in total. The minimum absolute atomic E-state index is 0.489. The predicted molar refractivity (Wildman–Crippen MR) is 150 cm³/mol. The Labute approximate surface area is 224 Å². The summed E-state index contributed by atoms with van der Waals surface area (Å²) in [5.74, 6) is 3.00. The van der Waals surface area contributed by atoms with Gasteiger partial charge < -0.3 is 18.9 Å². The van der Waals surface area contributed by atoms with Crippen molar-refractivity contribution in [3.63, 3.8) is 0 Å². The molecular weight excluding hydrogens is 474 g/mol. The third-order valence-electron chi connectivity index (χ3n) is 6.95. The van der Waals surface area contributed by atoms with E-state index >= 15 is 0 Å². The Morgan fingerprint density at radius 1 is 0.632 bits per heavy atom. The molecule has 0 spiro atoms. The van der Waals surface area contributed by atoms with Gasteiger partial charge in [0.25, 0.3) is 0 Å². The maximum absolute atomic E-state index is 6.19. The van der Waals surface area contributed by atoms with Crippen molar-refractivity contribution in [2.75, 3.05) is 27.8 Å². The molecular formula is C33H34NO4+. The molecule has 0 amide bonds. The summed E-state index contributed by atoms with van der Waals surface area (Å²) < 4.78 is 26.0. The quantitative estimate of drug-likeness (QED) is 0.243. The zero-order valence-electron chi connectivity index (χ0n) is 22.3. The number of likely N-dealkylation sites (N-methyl/N-ethyl adjacent to an activating group) is 1. The normalized spacial score (nSPS) is 12.6. The van der Waals surface area contributed by atoms with E-state index in [1.807, 2.05) is 42.5 Å². The van der Waals surface area contributed by atoms with Crippen LogP contribution in [0.15, 0.2) is 91.0 Å². The van der Waals surface area contributed by atoms with Crippen LogP contribution in [0.5, 0.6) is 23.0 Å². The van der Waals surface area contributed by atoms with E-state index in [1.165, 1.54) is 16.8 Å². The summed E-state index contributed by atoms with van der Waals surface area (Å²) in [4.78, 5) is 0. The van der Waals surface area contributed by atoms with Gasteiger partial charge >= 0.3 is 0 Å². The number of hydrogen-bond donors (Lipinski definition) is 0. The fourth-order valence-corrected chi connectivity index (χ4v) is 4.82. The van der Waals surface area contributed by atoms with Gasteiger partial charge in [0.1, 0.15) is 26.8 Å². The van der Waals surface area contributed by atoms with Gasteiger partial charge in [0.15, 0.2) is 28.7 Å². The zero-order chi connectivity index (χ0) is 26.3. The molecule has 0 radical (unpaired) electrons. The number of nitrogens with zero attached hydrogens (tertiary/aromatic N) is 1. The molecule has 1 heterocycles. The zero-order valence-corrected chi connectivity index (χ0v) is 22.3. The molecule has 0 unspecified atom stereocenters. The first kappa shape index (κ1) is 25.4. The maximum atomic E-state index is 6.19. The van der Waals surface area contributed by atoms with Crippen molar-refractivity contribution >= 4 is 5.71 Å². The summed E-state index contributed by atoms with van der Waals surface area (Å²) in [6.45, 7) is 1.94. The van der Waals surface area contributed by atoms with Crippen LogP contribution in [0.25, 0.3) is 0 Å². The molecule has 0 saturated carbocycles. The largest absolute Gasteiger partial charge is 0.493 e. The van der Waals surface area contributed by atoms with Gasteiger partial charge in [-0.3, -0.25) is 0 Å². The Morgan fingerprint density at radius 2 is 1.24 bits per heavy atom. The molecule has 1 aliphatic rings. The van der Waals surface area contributed by atoms with Crippen LogP contribution in [0.1, 0.15) is 27.8 Å². The Bertz CT molecular complexity index is 1410. The number of hydrogen-bond acceptors (Lipinski definition) is 4. The first-order valence-corrected chi connectivity index (χ1v) is 12.9. The highest BCUT2D eigenvalue weighted by Crippen LogP contribution is 2.35. The van der Waals surface area contributed by atoms with Gasteiger partial charge in [-0.25, -0.2) is 4.58 Å². The van der Waals surface area contributed by atoms with Crippen molar-refractivity contribution in [3.8, 4) is 23.0 Å². The van der Waals surface area contributed by atoms with E-state index in [0.29, 0.717) is 13.2 Å². The molecule has 0 atom stereocenters. The summed E-state index contributed by atoms with van der Waals surface area (Å²) in [5.41, 5.74) is 7.13. The monoisotopic (exact) mass is 508 g/mol. The van der Waals surface area contributed by atoms with Crippen molar-refractivity contribution in [3.05, 3.63) is 119 Å². The van der Waals surface area contributed by atoms with Crippen molar-refractivity contribution in [1.82, 2.24) is 0 Å². The van der Waals surface area contributed by atoms with Crippen molar-refractivity contribution in [1.29, 1.82) is 0 Å². The Morgan fingerprint density at radius 3 is 1.84 bits per heavy atom. The van der Waals surface area contributed by atoms with E-state index in [1.54, 1.807) is 14.2 Å². The van der Waals surface area contributed by atoms with E-state index in [0.717, 1.165) is 59.1 Å². The highest BCUT2D eigenvalue weighted by molar-refractivity contribution is 6.00. The second kappa shape index (κ2) is 11.9. The molecule has 5 rings (SSSR count). The number of ether oxygens (including phenoxy) is 4. The molecule has 5 nitrogen and oxygen atoms in total. The highest BCUT2D eigenvalue weighted by Gasteiger charge is 2.26. The molecule has 5 heteroatoms. The Balaban J connectivity index is 1.38. The van der Waals surface area contributed by atoms with Gasteiger partial charge in [-0.15, -0.1) is 0 Å². The second-order valence-electron chi connectivity index (χ2n) is 9.49. The first-order valence-electron chi connectivity index (χ1n) is 12.9. The SMILES string of the molecule is COc1ccc(CC2=[N+](C)CCc3cc(OCc4ccccc4)c(OC)cc32)cc1OCc1ccccc1. The standard InChI is InChI=1S/C33H34NO4/c1-34-17-16-27-20-33(38-23-25-12-8-5-9-13-25)31(36-3)21-28(27)29(34)18-26-14-15-30(35-2)32(19-26)37-22-24-10-6-4-7-11-24/h4-15,19-21H,16-18,22-23H2,1-3H3/q+1. The van der Waals surface area contributed by atoms with Crippen molar-refractivity contribution in [2.45, 2.75) is 26.1 Å². The molecule has 4 aromatic rings. The van der Waals surface area contributed by atoms with Crippen LogP contribution in [0.2, 0.25) is 0 Å². The molecule has 1 aliphatic heterocycles. The van der Waals surface area contributed by atoms with Crippen LogP contribution >= 0.6 is 0 Å². The predicted octanol–water partition coefficient (Wildman–Crippen LogP) is 6.09. The lowest BCUT2D eigenvalue weighted by Crippen LogP contribution is -2.29. The van der Waals surface area contributed by atoms with Crippen molar-refractivity contribution in [2.24, 2.45) is 0 Å². The van der Waals surface area contributed by atoms with E-state index in [2.05, 4.69) is 60.2 Å². The smallest absolute Gasteiger partial charge is 0.187 e. The van der Waals surface area contributed by atoms with E-state index in [9.17, 15) is 0 Å². The van der Waals surface area contributed by atoms with Crippen LogP contribution in [-0.4, -0.2) is 38.1 Å². The maximum Gasteiger partial charge on any atom is 0.187 e. The Hall–Kier alpha value is -4.25. The van der Waals surface area contributed by atoms with Gasteiger partial charge in [0.2, 0.25) is 0 Å². The van der Waals surface area contributed by atoms with Gasteiger partial charge in [0, 0.05) is 12.0 Å². The second-order valence-corrected chi connectivity index (χ2v) is 9.49. The minimum atomic E-state index is 0.489. The van der Waals surface area contributed by atoms with Gasteiger partial charge in [-0.1, -0.05) is 66.7 Å². The van der Waals surface area contributed by atoms with Crippen LogP contribution in [0.4, 0.5) is 0 Å². The van der Waals surface area contributed by atoms with Gasteiger partial charge in [0.05, 0.1) is 20.6 Å². The molecule has 0 aromatic heterocycles. The summed E-state index contributed by atoms with van der Waals surface area (Å²) >= 11 is 0. The fraction of sp³-hybridized carbons (Fsp3) is 0.242. The summed E-state index contributed by atoms with van der Waals surface area (Å²) in [6, 6.07) is 30.8. The highest BCUT2D eigenvalue weighted by atomic mass is 16.5. The van der Waals surface area contributed by atoms with Crippen LogP contribution in [0, 0.1) is 0 Å². The number of methoxy groups -OCH3 is 2. The van der Waals surface area contributed by atoms with Crippen LogP contribution < -0.4 is 18.9 Å². The molecule has 0 saturated heterocycles. The van der Waals surface area contributed by atoms with Crippen LogP contribution in [-0.2, 0) is 26.1 Å². The lowest BCUT2D eigenvalue weighted by atomic mass is 9.92. The summed E-state index contributed by atoms with van der Waals surface area (Å²) in [7, 11) is 5.53. The third-order valence-corrected chi connectivity index (χ3v) is 6.95. The Kier molecular flexibility index (Phi) is 7.93. The molecule has 194 valence electrons. The molecule has 4 aromatic carbocycles. The minimum Gasteiger partial charge on any atom is -0.493 e. The third kappa shape index (κ3) is 5.83. The average molecular weight is 509 g/mol. The summed E-state index contributed by atoms with van der Waals surface area (Å²) in [5, 5.41) is 0. The molecule has 0 bridgehead atoms. The van der Waals surface area contributed by atoms with E-state index < -0.39 is 0 Å². The number of rotatable bonds is 10. The summed E-state index contributed by atoms with van der Waals surface area (Å²) in [6.07, 6.45) is 1.72. The number of benzene rings is 4. The van der Waals surface area contributed by atoms with Gasteiger partial charge in [-0.2, -0.15) is 0 Å². The molecule has 0 fully saturated rings. The fourth-order valence-electron chi connectivity index (χ4n) is 4.82. The average Bonchev–Trinajstić information content (AvgIpc) is 2.97. The molecule has 0 aliphatic carbocycles. The molecule has 38 heavy (non-hydrogen) atoms. The number of fused-ring (bicyclic) bond motifs is 1. The lowest BCUT2D eigenvalue weighted by molar-refractivity contribution is -0.498.